The summed E-state index contributed by atoms with van der Waals surface area (Å²) in [5, 5.41) is 11.4. The largest absolute Gasteiger partial charge is 0.395 e. The summed E-state index contributed by atoms with van der Waals surface area (Å²) in [7, 11) is 0. The van der Waals surface area contributed by atoms with Crippen LogP contribution in [-0.4, -0.2) is 17.6 Å². The molecule has 0 atom stereocenters. The van der Waals surface area contributed by atoms with Crippen LogP contribution in [0, 0.1) is 23.6 Å². The Hall–Kier alpha value is -1.86. The van der Waals surface area contributed by atoms with Gasteiger partial charge in [-0.15, -0.1) is 0 Å². The fraction of sp³-hybridized carbons (Fsp3) is 0.400. The molecule has 100 valence electrons. The number of hydrogen-bond acceptors (Lipinski definition) is 2. The van der Waals surface area contributed by atoms with Gasteiger partial charge in [0.25, 0.3) is 0 Å². The highest BCUT2D eigenvalue weighted by atomic mass is 19.1. The van der Waals surface area contributed by atoms with Crippen LogP contribution in [0.2, 0.25) is 0 Å². The Morgan fingerprint density at radius 2 is 2.26 bits per heavy atom. The number of nitrogens with one attached hydrogen (secondary N) is 1. The average Bonchev–Trinajstić information content (AvgIpc) is 3.16. The van der Waals surface area contributed by atoms with Crippen LogP contribution in [-0.2, 0) is 4.79 Å². The fourth-order valence-electron chi connectivity index (χ4n) is 1.73. The van der Waals surface area contributed by atoms with Crippen LogP contribution in [0.1, 0.15) is 31.2 Å². The van der Waals surface area contributed by atoms with Gasteiger partial charge in [0.2, 0.25) is 5.91 Å². The topological polar surface area (TPSA) is 49.3 Å². The van der Waals surface area contributed by atoms with E-state index in [0.29, 0.717) is 30.0 Å². The summed E-state index contributed by atoms with van der Waals surface area (Å²) >= 11 is 0. The standard InChI is InChI=1S/C15H16FNO2/c16-13-6-7-14(12(10-13)3-1-2-8-18)17-15(19)9-11-4-5-11/h6-7,10-11,18H,2,4-5,8-9H2,(H,17,19). The number of halogens is 1. The second-order valence-corrected chi connectivity index (χ2v) is 4.66. The van der Waals surface area contributed by atoms with E-state index in [1.165, 1.54) is 18.2 Å². The Kier molecular flexibility index (Phi) is 4.53. The molecule has 0 aliphatic heterocycles. The molecule has 0 bridgehead atoms. The number of rotatable bonds is 4. The normalized spacial score (nSPS) is 13.6. The highest BCUT2D eigenvalue weighted by Crippen LogP contribution is 2.32. The van der Waals surface area contributed by atoms with Gasteiger partial charge < -0.3 is 10.4 Å². The quantitative estimate of drug-likeness (QED) is 0.817. The van der Waals surface area contributed by atoms with Crippen molar-refractivity contribution < 1.29 is 14.3 Å². The van der Waals surface area contributed by atoms with E-state index in [1.54, 1.807) is 0 Å². The van der Waals surface area contributed by atoms with Crippen molar-refractivity contribution in [1.82, 2.24) is 0 Å². The first-order chi connectivity index (χ1) is 9.19. The van der Waals surface area contributed by atoms with Gasteiger partial charge in [-0.05, 0) is 37.0 Å². The Balaban J connectivity index is 2.09. The van der Waals surface area contributed by atoms with Crippen molar-refractivity contribution in [1.29, 1.82) is 0 Å². The van der Waals surface area contributed by atoms with Crippen LogP contribution in [0.15, 0.2) is 18.2 Å². The zero-order chi connectivity index (χ0) is 13.7. The minimum absolute atomic E-state index is 0.0360. The van der Waals surface area contributed by atoms with Crippen LogP contribution < -0.4 is 5.32 Å². The van der Waals surface area contributed by atoms with Crippen LogP contribution in [0.4, 0.5) is 10.1 Å². The predicted molar refractivity (Wildman–Crippen MR) is 71.0 cm³/mol. The third-order valence-electron chi connectivity index (χ3n) is 2.89. The zero-order valence-corrected chi connectivity index (χ0v) is 10.6. The van der Waals surface area contributed by atoms with Crippen LogP contribution >= 0.6 is 0 Å². The van der Waals surface area contributed by atoms with Crippen molar-refractivity contribution in [3.8, 4) is 11.8 Å². The number of aliphatic hydroxyl groups excluding tert-OH is 1. The highest BCUT2D eigenvalue weighted by Gasteiger charge is 2.24. The molecule has 0 unspecified atom stereocenters. The lowest BCUT2D eigenvalue weighted by Crippen LogP contribution is -2.13. The Morgan fingerprint density at radius 3 is 2.95 bits per heavy atom. The van der Waals surface area contributed by atoms with Crippen molar-refractivity contribution in [2.45, 2.75) is 25.7 Å². The molecule has 1 aromatic carbocycles. The molecule has 1 saturated carbocycles. The molecule has 2 rings (SSSR count). The summed E-state index contributed by atoms with van der Waals surface area (Å²) in [6.07, 6.45) is 3.06. The molecule has 0 heterocycles. The lowest BCUT2D eigenvalue weighted by Gasteiger charge is -2.07. The van der Waals surface area contributed by atoms with Gasteiger partial charge in [0.05, 0.1) is 17.9 Å². The molecule has 1 aliphatic rings. The molecule has 0 aromatic heterocycles. The molecule has 1 aliphatic carbocycles. The van der Waals surface area contributed by atoms with E-state index >= 15 is 0 Å². The molecule has 1 amide bonds. The van der Waals surface area contributed by atoms with Crippen LogP contribution in [0.5, 0.6) is 0 Å². The first-order valence-corrected chi connectivity index (χ1v) is 6.38. The van der Waals surface area contributed by atoms with Crippen molar-refractivity contribution in [3.05, 3.63) is 29.6 Å². The van der Waals surface area contributed by atoms with Crippen molar-refractivity contribution in [3.63, 3.8) is 0 Å². The molecular formula is C15H16FNO2. The van der Waals surface area contributed by atoms with Gasteiger partial charge in [-0.25, -0.2) is 4.39 Å². The molecule has 19 heavy (non-hydrogen) atoms. The van der Waals surface area contributed by atoms with Gasteiger partial charge >= 0.3 is 0 Å². The second kappa shape index (κ2) is 6.35. The van der Waals surface area contributed by atoms with Gasteiger partial charge in [0.15, 0.2) is 0 Å². The maximum Gasteiger partial charge on any atom is 0.224 e. The van der Waals surface area contributed by atoms with Gasteiger partial charge in [-0.2, -0.15) is 0 Å². The number of anilines is 1. The maximum atomic E-state index is 13.2. The summed E-state index contributed by atoms with van der Waals surface area (Å²) in [6.45, 7) is -0.0360. The summed E-state index contributed by atoms with van der Waals surface area (Å²) in [5.74, 6) is 5.54. The third kappa shape index (κ3) is 4.38. The van der Waals surface area contributed by atoms with E-state index in [2.05, 4.69) is 17.2 Å². The zero-order valence-electron chi connectivity index (χ0n) is 10.6. The van der Waals surface area contributed by atoms with Crippen LogP contribution in [0.25, 0.3) is 0 Å². The third-order valence-corrected chi connectivity index (χ3v) is 2.89. The van der Waals surface area contributed by atoms with E-state index in [4.69, 9.17) is 5.11 Å². The number of aliphatic hydroxyl groups is 1. The van der Waals surface area contributed by atoms with Gasteiger partial charge in [0.1, 0.15) is 5.82 Å². The van der Waals surface area contributed by atoms with Crippen molar-refractivity contribution in [2.75, 3.05) is 11.9 Å². The minimum Gasteiger partial charge on any atom is -0.395 e. The molecule has 0 radical (unpaired) electrons. The van der Waals surface area contributed by atoms with Gasteiger partial charge in [-0.3, -0.25) is 4.79 Å². The molecule has 1 aromatic rings. The molecule has 1 fully saturated rings. The highest BCUT2D eigenvalue weighted by molar-refractivity contribution is 5.92. The molecule has 0 saturated heterocycles. The van der Waals surface area contributed by atoms with E-state index in [0.717, 1.165) is 12.8 Å². The SMILES string of the molecule is O=C(CC1CC1)Nc1ccc(F)cc1C#CCCO. The van der Waals surface area contributed by atoms with Crippen molar-refractivity contribution >= 4 is 11.6 Å². The van der Waals surface area contributed by atoms with Crippen LogP contribution in [0.3, 0.4) is 0 Å². The first kappa shape index (κ1) is 13.6. The Bertz CT molecular complexity index is 527. The lowest BCUT2D eigenvalue weighted by atomic mass is 10.1. The van der Waals surface area contributed by atoms with Gasteiger partial charge in [-0.1, -0.05) is 11.8 Å². The molecule has 3 nitrogen and oxygen atoms in total. The lowest BCUT2D eigenvalue weighted by molar-refractivity contribution is -0.116. The van der Waals surface area contributed by atoms with E-state index in [9.17, 15) is 9.18 Å². The smallest absolute Gasteiger partial charge is 0.224 e. The molecule has 0 spiro atoms. The minimum atomic E-state index is -0.395. The van der Waals surface area contributed by atoms with E-state index < -0.39 is 5.82 Å². The molecule has 4 heteroatoms. The number of amides is 1. The summed E-state index contributed by atoms with van der Waals surface area (Å²) in [6, 6.07) is 4.10. The second-order valence-electron chi connectivity index (χ2n) is 4.66. The first-order valence-electron chi connectivity index (χ1n) is 6.38. The summed E-state index contributed by atoms with van der Waals surface area (Å²) in [5.41, 5.74) is 0.968. The van der Waals surface area contributed by atoms with Crippen molar-refractivity contribution in [2.24, 2.45) is 5.92 Å². The van der Waals surface area contributed by atoms with Gasteiger partial charge in [0, 0.05) is 12.8 Å². The Morgan fingerprint density at radius 1 is 1.47 bits per heavy atom. The van der Waals surface area contributed by atoms with E-state index in [1.807, 2.05) is 0 Å². The fourth-order valence-corrected chi connectivity index (χ4v) is 1.73. The number of carbonyl (C=O) groups is 1. The monoisotopic (exact) mass is 261 g/mol. The maximum absolute atomic E-state index is 13.2. The number of benzene rings is 1. The Labute approximate surface area is 111 Å². The average molecular weight is 261 g/mol. The molecular weight excluding hydrogens is 245 g/mol. The van der Waals surface area contributed by atoms with E-state index in [-0.39, 0.29) is 12.5 Å². The number of hydrogen-bond donors (Lipinski definition) is 2. The predicted octanol–water partition coefficient (Wildman–Crippen LogP) is 2.30. The summed E-state index contributed by atoms with van der Waals surface area (Å²) in [4.78, 5) is 11.7. The summed E-state index contributed by atoms with van der Waals surface area (Å²) < 4.78 is 13.2. The number of carbonyl (C=O) groups excluding carboxylic acids is 1. The molecule has 2 N–H and O–H groups in total.